The summed E-state index contributed by atoms with van der Waals surface area (Å²) in [6.07, 6.45) is -3.84. The first kappa shape index (κ1) is 15.9. The van der Waals surface area contributed by atoms with Gasteiger partial charge in [0.05, 0.1) is 11.1 Å². The number of aromatic nitrogens is 2. The first-order valence-electron chi connectivity index (χ1n) is 5.81. The third kappa shape index (κ3) is 3.79. The Labute approximate surface area is 130 Å². The van der Waals surface area contributed by atoms with Gasteiger partial charge in [0.1, 0.15) is 5.01 Å². The average Bonchev–Trinajstić information content (AvgIpc) is 2.85. The van der Waals surface area contributed by atoms with Crippen molar-refractivity contribution in [2.24, 2.45) is 0 Å². The second-order valence-corrected chi connectivity index (χ2v) is 5.92. The molecule has 0 aliphatic heterocycles. The van der Waals surface area contributed by atoms with Gasteiger partial charge in [0.2, 0.25) is 5.13 Å². The van der Waals surface area contributed by atoms with Crippen molar-refractivity contribution in [1.29, 1.82) is 0 Å². The summed E-state index contributed by atoms with van der Waals surface area (Å²) in [7, 11) is 0. The maximum atomic E-state index is 12.7. The number of alkyl halides is 3. The molecule has 0 radical (unpaired) electrons. The fraction of sp³-hybridized carbons (Fsp3) is 0.250. The Morgan fingerprint density at radius 1 is 1.38 bits per heavy atom. The van der Waals surface area contributed by atoms with Gasteiger partial charge in [-0.15, -0.1) is 10.2 Å². The summed E-state index contributed by atoms with van der Waals surface area (Å²) in [4.78, 5) is 12.0. The van der Waals surface area contributed by atoms with Crippen molar-refractivity contribution < 1.29 is 18.0 Å². The number of carbonyl (C=O) groups is 1. The van der Waals surface area contributed by atoms with Crippen molar-refractivity contribution in [1.82, 2.24) is 10.2 Å². The van der Waals surface area contributed by atoms with Gasteiger partial charge in [0.25, 0.3) is 5.91 Å². The van der Waals surface area contributed by atoms with Crippen LogP contribution in [0.2, 0.25) is 0 Å². The largest absolute Gasteiger partial charge is 0.416 e. The van der Waals surface area contributed by atoms with Gasteiger partial charge in [-0.1, -0.05) is 18.3 Å². The van der Waals surface area contributed by atoms with E-state index in [2.05, 4.69) is 31.4 Å². The van der Waals surface area contributed by atoms with E-state index in [-0.39, 0.29) is 15.2 Å². The van der Waals surface area contributed by atoms with Crippen LogP contribution in [-0.4, -0.2) is 16.1 Å². The van der Waals surface area contributed by atoms with Crippen molar-refractivity contribution in [2.75, 3.05) is 5.32 Å². The molecule has 1 aromatic carbocycles. The number of benzene rings is 1. The number of rotatable bonds is 3. The fourth-order valence-corrected chi connectivity index (χ4v) is 2.59. The third-order valence-electron chi connectivity index (χ3n) is 2.53. The molecule has 1 aromatic heterocycles. The molecular formula is C12H9BrF3N3OS. The molecule has 2 aromatic rings. The molecule has 21 heavy (non-hydrogen) atoms. The van der Waals surface area contributed by atoms with Crippen molar-refractivity contribution in [3.63, 3.8) is 0 Å². The number of nitrogens with zero attached hydrogens (tertiary/aromatic N) is 2. The minimum Gasteiger partial charge on any atom is -0.296 e. The highest BCUT2D eigenvalue weighted by Crippen LogP contribution is 2.32. The standard InChI is InChI=1S/C12H9BrF3N3OS/c1-2-9-18-19-11(21-9)17-10(20)7-5-6(12(14,15)16)3-4-8(7)13/h3-5H,2H2,1H3,(H,17,19,20). The molecule has 0 unspecified atom stereocenters. The van der Waals surface area contributed by atoms with Gasteiger partial charge in [-0.25, -0.2) is 0 Å². The van der Waals surface area contributed by atoms with Crippen molar-refractivity contribution >= 4 is 38.3 Å². The number of amides is 1. The molecule has 0 bridgehead atoms. The molecule has 112 valence electrons. The first-order chi connectivity index (χ1) is 9.81. The van der Waals surface area contributed by atoms with E-state index in [0.717, 1.165) is 17.1 Å². The summed E-state index contributed by atoms with van der Waals surface area (Å²) in [6.45, 7) is 1.88. The molecule has 0 aliphatic rings. The molecule has 1 N–H and O–H groups in total. The van der Waals surface area contributed by atoms with Crippen LogP contribution in [0, 0.1) is 0 Å². The summed E-state index contributed by atoms with van der Waals surface area (Å²) in [5.41, 5.74) is -1.000. The second-order valence-electron chi connectivity index (χ2n) is 4.00. The lowest BCUT2D eigenvalue weighted by atomic mass is 10.1. The number of anilines is 1. The van der Waals surface area contributed by atoms with Gasteiger partial charge in [-0.3, -0.25) is 10.1 Å². The van der Waals surface area contributed by atoms with E-state index in [1.165, 1.54) is 17.4 Å². The lowest BCUT2D eigenvalue weighted by Crippen LogP contribution is -2.14. The van der Waals surface area contributed by atoms with Crippen LogP contribution in [0.5, 0.6) is 0 Å². The first-order valence-corrected chi connectivity index (χ1v) is 7.42. The monoisotopic (exact) mass is 379 g/mol. The minimum atomic E-state index is -4.51. The van der Waals surface area contributed by atoms with Gasteiger partial charge >= 0.3 is 6.18 Å². The topological polar surface area (TPSA) is 54.9 Å². The lowest BCUT2D eigenvalue weighted by Gasteiger charge is -2.10. The zero-order valence-corrected chi connectivity index (χ0v) is 13.1. The quantitative estimate of drug-likeness (QED) is 0.871. The maximum absolute atomic E-state index is 12.7. The molecule has 0 aliphatic carbocycles. The van der Waals surface area contributed by atoms with E-state index in [0.29, 0.717) is 6.42 Å². The molecule has 0 spiro atoms. The normalized spacial score (nSPS) is 11.5. The number of hydrogen-bond acceptors (Lipinski definition) is 4. The van der Waals surface area contributed by atoms with Gasteiger partial charge in [0, 0.05) is 4.47 Å². The fourth-order valence-electron chi connectivity index (χ4n) is 1.49. The molecule has 0 atom stereocenters. The van der Waals surface area contributed by atoms with E-state index < -0.39 is 17.6 Å². The summed E-state index contributed by atoms with van der Waals surface area (Å²) >= 11 is 4.25. The highest BCUT2D eigenvalue weighted by atomic mass is 79.9. The SMILES string of the molecule is CCc1nnc(NC(=O)c2cc(C(F)(F)F)ccc2Br)s1. The smallest absolute Gasteiger partial charge is 0.296 e. The number of carbonyl (C=O) groups excluding carboxylic acids is 1. The predicted octanol–water partition coefficient (Wildman–Crippen LogP) is 4.13. The Morgan fingerprint density at radius 3 is 2.67 bits per heavy atom. The summed E-state index contributed by atoms with van der Waals surface area (Å²) in [5.74, 6) is -0.674. The Hall–Kier alpha value is -1.48. The predicted molar refractivity (Wildman–Crippen MR) is 76.4 cm³/mol. The highest BCUT2D eigenvalue weighted by molar-refractivity contribution is 9.10. The molecule has 1 amide bonds. The third-order valence-corrected chi connectivity index (χ3v) is 4.20. The Bertz CT molecular complexity index is 672. The van der Waals surface area contributed by atoms with E-state index in [4.69, 9.17) is 0 Å². The molecule has 0 saturated carbocycles. The van der Waals surface area contributed by atoms with Crippen LogP contribution in [0.25, 0.3) is 0 Å². The molecule has 2 rings (SSSR count). The van der Waals surface area contributed by atoms with Crippen molar-refractivity contribution in [3.05, 3.63) is 38.8 Å². The van der Waals surface area contributed by atoms with E-state index >= 15 is 0 Å². The molecule has 4 nitrogen and oxygen atoms in total. The zero-order valence-electron chi connectivity index (χ0n) is 10.7. The van der Waals surface area contributed by atoms with E-state index in [9.17, 15) is 18.0 Å². The highest BCUT2D eigenvalue weighted by Gasteiger charge is 2.31. The number of nitrogens with one attached hydrogen (secondary N) is 1. The van der Waals surface area contributed by atoms with Crippen LogP contribution < -0.4 is 5.32 Å². The molecular weight excluding hydrogens is 371 g/mol. The van der Waals surface area contributed by atoms with E-state index in [1.807, 2.05) is 6.92 Å². The van der Waals surface area contributed by atoms with E-state index in [1.54, 1.807) is 0 Å². The minimum absolute atomic E-state index is 0.113. The summed E-state index contributed by atoms with van der Waals surface area (Å²) < 4.78 is 38.3. The Balaban J connectivity index is 2.26. The maximum Gasteiger partial charge on any atom is 0.416 e. The van der Waals surface area contributed by atoms with Gasteiger partial charge in [-0.05, 0) is 40.5 Å². The van der Waals surface area contributed by atoms with Crippen LogP contribution in [0.3, 0.4) is 0 Å². The van der Waals surface area contributed by atoms with Crippen LogP contribution >= 0.6 is 27.3 Å². The summed E-state index contributed by atoms with van der Waals surface area (Å²) in [5, 5.41) is 11.0. The molecule has 9 heteroatoms. The number of aryl methyl sites for hydroxylation is 1. The molecule has 0 fully saturated rings. The van der Waals surface area contributed by atoms with Gasteiger partial charge < -0.3 is 0 Å². The molecule has 1 heterocycles. The van der Waals surface area contributed by atoms with Gasteiger partial charge in [0.15, 0.2) is 0 Å². The Kier molecular flexibility index (Phi) is 4.62. The lowest BCUT2D eigenvalue weighted by molar-refractivity contribution is -0.137. The van der Waals surface area contributed by atoms with Gasteiger partial charge in [-0.2, -0.15) is 13.2 Å². The van der Waals surface area contributed by atoms with Crippen molar-refractivity contribution in [3.8, 4) is 0 Å². The number of halogens is 4. The molecule has 0 saturated heterocycles. The van der Waals surface area contributed by atoms with Crippen LogP contribution in [0.4, 0.5) is 18.3 Å². The summed E-state index contributed by atoms with van der Waals surface area (Å²) in [6, 6.07) is 2.89. The van der Waals surface area contributed by atoms with Crippen LogP contribution in [0.1, 0.15) is 27.9 Å². The zero-order chi connectivity index (χ0) is 15.6. The average molecular weight is 380 g/mol. The van der Waals surface area contributed by atoms with Crippen LogP contribution in [-0.2, 0) is 12.6 Å². The number of hydrogen-bond donors (Lipinski definition) is 1. The van der Waals surface area contributed by atoms with Crippen molar-refractivity contribution in [2.45, 2.75) is 19.5 Å². The Morgan fingerprint density at radius 2 is 2.10 bits per heavy atom. The van der Waals surface area contributed by atoms with Crippen LogP contribution in [0.15, 0.2) is 22.7 Å². The second kappa shape index (κ2) is 6.10.